The van der Waals surface area contributed by atoms with Crippen LogP contribution in [-0.2, 0) is 0 Å². The lowest BCUT2D eigenvalue weighted by Crippen LogP contribution is -1.96. The summed E-state index contributed by atoms with van der Waals surface area (Å²) in [5, 5.41) is 3.40. The molecule has 0 saturated carbocycles. The Balaban J connectivity index is 2.01. The molecule has 0 spiro atoms. The topological polar surface area (TPSA) is 12.0 Å². The summed E-state index contributed by atoms with van der Waals surface area (Å²) >= 11 is 0. The van der Waals surface area contributed by atoms with Gasteiger partial charge in [-0.25, -0.2) is 0 Å². The van der Waals surface area contributed by atoms with Gasteiger partial charge >= 0.3 is 0 Å². The number of allylic oxidation sites excluding steroid dienone is 1. The Hall–Kier alpha value is -1.33. The second kappa shape index (κ2) is 3.81. The van der Waals surface area contributed by atoms with Crippen LogP contribution >= 0.6 is 0 Å². The van der Waals surface area contributed by atoms with Crippen molar-refractivity contribution < 1.29 is 0 Å². The van der Waals surface area contributed by atoms with Gasteiger partial charge < -0.3 is 0 Å². The number of hydrogen-bond acceptors (Lipinski definition) is 1. The number of benzene rings is 1. The molecule has 1 aromatic rings. The van der Waals surface area contributed by atoms with Crippen molar-refractivity contribution in [3.8, 4) is 0 Å². The zero-order chi connectivity index (χ0) is 9.97. The zero-order valence-electron chi connectivity index (χ0n) is 8.80. The molecule has 14 heavy (non-hydrogen) atoms. The highest BCUT2D eigenvalue weighted by Crippen LogP contribution is 2.26. The third kappa shape index (κ3) is 1.94. The fourth-order valence-electron chi connectivity index (χ4n) is 1.62. The third-order valence-electron chi connectivity index (χ3n) is 2.47. The largest absolute Gasteiger partial charge is 0.285 e. The molecule has 0 atom stereocenters. The minimum absolute atomic E-state index is 0.759. The van der Waals surface area contributed by atoms with E-state index in [4.69, 9.17) is 0 Å². The third-order valence-corrected chi connectivity index (χ3v) is 2.47. The van der Waals surface area contributed by atoms with Gasteiger partial charge in [0.05, 0.1) is 12.1 Å². The molecular weight excluding hydrogens is 170 g/mol. The van der Waals surface area contributed by atoms with Crippen molar-refractivity contribution in [2.45, 2.75) is 26.7 Å². The van der Waals surface area contributed by atoms with Crippen LogP contribution in [0.5, 0.6) is 0 Å². The maximum absolute atomic E-state index is 3.40. The Labute approximate surface area is 85.8 Å². The van der Waals surface area contributed by atoms with Crippen molar-refractivity contribution in [1.82, 2.24) is 0 Å². The Bertz CT molecular complexity index is 350. The smallest absolute Gasteiger partial charge is 0.214 e. The molecular formula is C13H16N+. The fourth-order valence-corrected chi connectivity index (χ4v) is 1.62. The molecule has 0 unspecified atom stereocenters. The Morgan fingerprint density at radius 1 is 1.29 bits per heavy atom. The van der Waals surface area contributed by atoms with E-state index in [0.29, 0.717) is 0 Å². The monoisotopic (exact) mass is 186 g/mol. The molecule has 1 heterocycles. The molecule has 2 rings (SSSR count). The first-order valence-electron chi connectivity index (χ1n) is 5.24. The van der Waals surface area contributed by atoms with E-state index in [0.717, 1.165) is 12.3 Å². The predicted octanol–water partition coefficient (Wildman–Crippen LogP) is 3.58. The summed E-state index contributed by atoms with van der Waals surface area (Å²) in [4.78, 5) is 0. The predicted molar refractivity (Wildman–Crippen MR) is 60.0 cm³/mol. The number of fused-ring (bicyclic) bond motifs is 1. The lowest BCUT2D eigenvalue weighted by atomic mass is 10.1. The second-order valence-electron chi connectivity index (χ2n) is 4.21. The lowest BCUT2D eigenvalue weighted by molar-refractivity contribution is 0.585. The van der Waals surface area contributed by atoms with Crippen LogP contribution in [0.3, 0.4) is 0 Å². The minimum Gasteiger partial charge on any atom is -0.285 e. The molecule has 1 heteroatoms. The van der Waals surface area contributed by atoms with Gasteiger partial charge in [0, 0.05) is 12.5 Å². The Kier molecular flexibility index (Phi) is 2.51. The van der Waals surface area contributed by atoms with Crippen LogP contribution in [0.1, 0.15) is 32.3 Å². The summed E-state index contributed by atoms with van der Waals surface area (Å²) in [6.45, 7) is 4.51. The van der Waals surface area contributed by atoms with Crippen LogP contribution in [0.4, 0.5) is 5.69 Å². The van der Waals surface area contributed by atoms with Crippen LogP contribution in [0.15, 0.2) is 30.0 Å². The highest BCUT2D eigenvalue weighted by atomic mass is 14.9. The van der Waals surface area contributed by atoms with Gasteiger partial charge in [0.1, 0.15) is 5.70 Å². The molecule has 0 fully saturated rings. The van der Waals surface area contributed by atoms with E-state index < -0.39 is 0 Å². The molecule has 1 nitrogen and oxygen atoms in total. The van der Waals surface area contributed by atoms with Gasteiger partial charge in [0.2, 0.25) is 5.56 Å². The van der Waals surface area contributed by atoms with Crippen LogP contribution in [-0.4, -0.2) is 0 Å². The van der Waals surface area contributed by atoms with Crippen LogP contribution < -0.4 is 5.32 Å². The molecule has 1 N–H and O–H groups in total. The number of nitrogens with one attached hydrogen (secondary N) is 1. The summed E-state index contributed by atoms with van der Waals surface area (Å²) < 4.78 is 0. The van der Waals surface area contributed by atoms with E-state index in [2.05, 4.69) is 49.5 Å². The molecule has 0 radical (unpaired) electrons. The molecule has 0 aliphatic carbocycles. The number of rotatable bonds is 3. The molecule has 0 amide bonds. The first kappa shape index (κ1) is 9.23. The van der Waals surface area contributed by atoms with E-state index >= 15 is 0 Å². The summed E-state index contributed by atoms with van der Waals surface area (Å²) in [5.74, 6) is 0.759. The van der Waals surface area contributed by atoms with E-state index in [1.807, 2.05) is 0 Å². The van der Waals surface area contributed by atoms with E-state index in [1.165, 1.54) is 23.4 Å². The molecule has 1 aliphatic rings. The van der Waals surface area contributed by atoms with Crippen LogP contribution in [0.25, 0.3) is 0 Å². The maximum Gasteiger partial charge on any atom is 0.214 e. The number of hydrogen-bond donors (Lipinski definition) is 1. The Morgan fingerprint density at radius 3 is 2.79 bits per heavy atom. The van der Waals surface area contributed by atoms with Gasteiger partial charge in [-0.15, -0.1) is 0 Å². The van der Waals surface area contributed by atoms with Crippen molar-refractivity contribution in [3.63, 3.8) is 0 Å². The van der Waals surface area contributed by atoms with Crippen molar-refractivity contribution in [3.05, 3.63) is 41.6 Å². The van der Waals surface area contributed by atoms with Gasteiger partial charge in [0.25, 0.3) is 0 Å². The maximum atomic E-state index is 3.40. The van der Waals surface area contributed by atoms with Gasteiger partial charge in [-0.2, -0.15) is 0 Å². The highest BCUT2D eigenvalue weighted by Gasteiger charge is 2.20. The van der Waals surface area contributed by atoms with Gasteiger partial charge in [-0.1, -0.05) is 13.8 Å². The molecule has 1 aromatic carbocycles. The van der Waals surface area contributed by atoms with Crippen molar-refractivity contribution in [2.75, 3.05) is 5.32 Å². The van der Waals surface area contributed by atoms with E-state index in [9.17, 15) is 0 Å². The second-order valence-corrected chi connectivity index (χ2v) is 4.21. The molecule has 0 bridgehead atoms. The Morgan fingerprint density at radius 2 is 2.07 bits per heavy atom. The quantitative estimate of drug-likeness (QED) is 0.711. The standard InChI is InChI=1S/C13H16N/c1-10(2)7-8-12-9-11-5-3-4-6-13(11)14-12/h3-6,10,14H,7-8H2,1-2H3/q+1. The van der Waals surface area contributed by atoms with Crippen molar-refractivity contribution in [2.24, 2.45) is 5.92 Å². The zero-order valence-corrected chi connectivity index (χ0v) is 8.80. The molecule has 72 valence electrons. The summed E-state index contributed by atoms with van der Waals surface area (Å²) in [6, 6.07) is 8.31. The molecule has 0 aromatic heterocycles. The van der Waals surface area contributed by atoms with Crippen LogP contribution in [0, 0.1) is 12.0 Å². The normalized spacial score (nSPS) is 13.2. The SMILES string of the molecule is CC(C)CCC1=[C+]c2ccccc2N1. The summed E-state index contributed by atoms with van der Waals surface area (Å²) in [5.41, 5.74) is 3.64. The van der Waals surface area contributed by atoms with Crippen LogP contribution in [0.2, 0.25) is 0 Å². The first-order valence-corrected chi connectivity index (χ1v) is 5.24. The average Bonchev–Trinajstić information content (AvgIpc) is 2.57. The highest BCUT2D eigenvalue weighted by molar-refractivity contribution is 5.62. The van der Waals surface area contributed by atoms with Gasteiger partial charge in [-0.05, 0) is 24.5 Å². The first-order chi connectivity index (χ1) is 6.75. The summed E-state index contributed by atoms with van der Waals surface area (Å²) in [7, 11) is 0. The van der Waals surface area contributed by atoms with Gasteiger partial charge in [-0.3, -0.25) is 5.32 Å². The fraction of sp³-hybridized carbons (Fsp3) is 0.385. The number of anilines is 1. The lowest BCUT2D eigenvalue weighted by Gasteiger charge is -2.02. The molecule has 1 aliphatic heterocycles. The van der Waals surface area contributed by atoms with Crippen molar-refractivity contribution >= 4 is 5.69 Å². The minimum atomic E-state index is 0.759. The average molecular weight is 186 g/mol. The number of para-hydroxylation sites is 1. The summed E-state index contributed by atoms with van der Waals surface area (Å²) in [6.07, 6.45) is 5.72. The molecule has 0 saturated heterocycles. The van der Waals surface area contributed by atoms with Gasteiger partial charge in [0.15, 0.2) is 5.69 Å². The van der Waals surface area contributed by atoms with E-state index in [1.54, 1.807) is 0 Å². The van der Waals surface area contributed by atoms with E-state index in [-0.39, 0.29) is 0 Å². The van der Waals surface area contributed by atoms with Crippen molar-refractivity contribution in [1.29, 1.82) is 0 Å².